The van der Waals surface area contributed by atoms with Crippen LogP contribution in [-0.4, -0.2) is 17.3 Å². The Morgan fingerprint density at radius 3 is 3.06 bits per heavy atom. The zero-order valence-corrected chi connectivity index (χ0v) is 11.6. The molecule has 1 aliphatic heterocycles. The maximum Gasteiger partial charge on any atom is 0.233 e. The molecule has 1 aromatic rings. The molecule has 2 atom stereocenters. The minimum absolute atomic E-state index is 0.0179. The highest BCUT2D eigenvalue weighted by atomic mass is 79.9. The van der Waals surface area contributed by atoms with Crippen LogP contribution in [0.15, 0.2) is 18.2 Å². The van der Waals surface area contributed by atoms with E-state index in [-0.39, 0.29) is 16.8 Å². The van der Waals surface area contributed by atoms with Crippen molar-refractivity contribution in [2.24, 2.45) is 0 Å². The molecule has 0 bridgehead atoms. The van der Waals surface area contributed by atoms with E-state index in [1.165, 1.54) is 5.56 Å². The molecule has 0 radical (unpaired) electrons. The van der Waals surface area contributed by atoms with Crippen molar-refractivity contribution in [2.45, 2.75) is 31.1 Å². The minimum Gasteiger partial charge on any atom is -0.493 e. The quantitative estimate of drug-likeness (QED) is 0.853. The number of fused-ring (bicyclic) bond motifs is 1. The number of rotatable bonds is 2. The van der Waals surface area contributed by atoms with Crippen molar-refractivity contribution in [2.75, 3.05) is 6.61 Å². The molecule has 4 heteroatoms. The summed E-state index contributed by atoms with van der Waals surface area (Å²) in [5, 5.41) is 3.04. The Labute approximate surface area is 110 Å². The van der Waals surface area contributed by atoms with Crippen LogP contribution in [0.2, 0.25) is 0 Å². The lowest BCUT2D eigenvalue weighted by atomic mass is 9.98. The van der Waals surface area contributed by atoms with E-state index in [9.17, 15) is 4.79 Å². The van der Waals surface area contributed by atoms with E-state index in [1.54, 1.807) is 0 Å². The zero-order chi connectivity index (χ0) is 12.4. The number of benzene rings is 1. The van der Waals surface area contributed by atoms with Crippen molar-refractivity contribution in [1.82, 2.24) is 5.32 Å². The molecule has 0 fully saturated rings. The number of carbonyl (C=O) groups excluding carboxylic acids is 1. The Hall–Kier alpha value is -1.03. The van der Waals surface area contributed by atoms with Crippen LogP contribution in [0.25, 0.3) is 0 Å². The minimum atomic E-state index is -0.168. The van der Waals surface area contributed by atoms with Crippen LogP contribution in [0.4, 0.5) is 0 Å². The highest BCUT2D eigenvalue weighted by Gasteiger charge is 2.24. The van der Waals surface area contributed by atoms with Crippen molar-refractivity contribution < 1.29 is 9.53 Å². The Morgan fingerprint density at radius 2 is 2.35 bits per heavy atom. The van der Waals surface area contributed by atoms with Gasteiger partial charge < -0.3 is 10.1 Å². The van der Waals surface area contributed by atoms with Crippen LogP contribution in [0.3, 0.4) is 0 Å². The van der Waals surface area contributed by atoms with Crippen LogP contribution in [-0.2, 0) is 4.79 Å². The molecule has 1 aromatic carbocycles. The number of aryl methyl sites for hydroxylation is 1. The first-order chi connectivity index (χ1) is 8.08. The fraction of sp³-hybridized carbons (Fsp3) is 0.462. The van der Waals surface area contributed by atoms with E-state index in [1.807, 2.05) is 26.0 Å². The van der Waals surface area contributed by atoms with Crippen molar-refractivity contribution in [3.63, 3.8) is 0 Å². The van der Waals surface area contributed by atoms with E-state index >= 15 is 0 Å². The van der Waals surface area contributed by atoms with E-state index in [0.29, 0.717) is 6.61 Å². The molecule has 0 aliphatic carbocycles. The van der Waals surface area contributed by atoms with E-state index in [0.717, 1.165) is 17.7 Å². The van der Waals surface area contributed by atoms with Gasteiger partial charge in [0.2, 0.25) is 5.91 Å². The highest BCUT2D eigenvalue weighted by Crippen LogP contribution is 2.32. The Kier molecular flexibility index (Phi) is 3.72. The summed E-state index contributed by atoms with van der Waals surface area (Å²) in [6.45, 7) is 4.52. The van der Waals surface area contributed by atoms with Crippen LogP contribution in [0.5, 0.6) is 5.75 Å². The van der Waals surface area contributed by atoms with Gasteiger partial charge in [-0.25, -0.2) is 0 Å². The van der Waals surface area contributed by atoms with Gasteiger partial charge >= 0.3 is 0 Å². The van der Waals surface area contributed by atoms with Crippen molar-refractivity contribution in [3.05, 3.63) is 29.3 Å². The molecule has 2 unspecified atom stereocenters. The molecule has 3 nitrogen and oxygen atoms in total. The van der Waals surface area contributed by atoms with E-state index in [4.69, 9.17) is 4.74 Å². The van der Waals surface area contributed by atoms with Crippen LogP contribution in [0.1, 0.15) is 30.5 Å². The third kappa shape index (κ3) is 2.80. The molecule has 17 heavy (non-hydrogen) atoms. The van der Waals surface area contributed by atoms with Gasteiger partial charge in [-0.2, -0.15) is 0 Å². The van der Waals surface area contributed by atoms with Gasteiger partial charge in [0.25, 0.3) is 0 Å². The normalized spacial score (nSPS) is 20.1. The number of hydrogen-bond acceptors (Lipinski definition) is 2. The van der Waals surface area contributed by atoms with Crippen molar-refractivity contribution in [3.8, 4) is 5.75 Å². The summed E-state index contributed by atoms with van der Waals surface area (Å²) >= 11 is 3.28. The van der Waals surface area contributed by atoms with Crippen molar-refractivity contribution >= 4 is 21.8 Å². The molecule has 1 heterocycles. The van der Waals surface area contributed by atoms with Gasteiger partial charge in [0, 0.05) is 12.0 Å². The molecule has 0 saturated carbocycles. The van der Waals surface area contributed by atoms with Gasteiger partial charge in [-0.05, 0) is 19.9 Å². The van der Waals surface area contributed by atoms with E-state index in [2.05, 4.69) is 27.3 Å². The fourth-order valence-electron chi connectivity index (χ4n) is 1.95. The Morgan fingerprint density at radius 1 is 1.59 bits per heavy atom. The second-order valence-electron chi connectivity index (χ2n) is 4.36. The van der Waals surface area contributed by atoms with Crippen molar-refractivity contribution in [1.29, 1.82) is 0 Å². The second-order valence-corrected chi connectivity index (χ2v) is 5.73. The first kappa shape index (κ1) is 12.4. The first-order valence-electron chi connectivity index (χ1n) is 5.75. The number of nitrogens with one attached hydrogen (secondary N) is 1. The summed E-state index contributed by atoms with van der Waals surface area (Å²) in [7, 11) is 0. The lowest BCUT2D eigenvalue weighted by molar-refractivity contribution is -0.121. The SMILES string of the molecule is Cc1ccc2c(c1)C(NC(=O)C(C)Br)CCO2. The van der Waals surface area contributed by atoms with Crippen LogP contribution in [0, 0.1) is 6.92 Å². The summed E-state index contributed by atoms with van der Waals surface area (Å²) in [4.78, 5) is 11.5. The lowest BCUT2D eigenvalue weighted by Gasteiger charge is -2.27. The van der Waals surface area contributed by atoms with Gasteiger partial charge in [0.1, 0.15) is 5.75 Å². The van der Waals surface area contributed by atoms with E-state index < -0.39 is 0 Å². The number of halogens is 1. The van der Waals surface area contributed by atoms with Gasteiger partial charge in [0.05, 0.1) is 17.5 Å². The average molecular weight is 298 g/mol. The van der Waals surface area contributed by atoms with Gasteiger partial charge in [0.15, 0.2) is 0 Å². The molecule has 92 valence electrons. The number of carbonyl (C=O) groups is 1. The molecular formula is C13H16BrNO2. The second kappa shape index (κ2) is 5.08. The maximum absolute atomic E-state index is 11.7. The number of alkyl halides is 1. The summed E-state index contributed by atoms with van der Waals surface area (Å²) in [5.74, 6) is 0.902. The lowest BCUT2D eigenvalue weighted by Crippen LogP contribution is -2.35. The molecule has 1 amide bonds. The first-order valence-corrected chi connectivity index (χ1v) is 6.67. The Bertz CT molecular complexity index is 431. The number of amides is 1. The predicted molar refractivity (Wildman–Crippen MR) is 70.6 cm³/mol. The van der Waals surface area contributed by atoms with Crippen LogP contribution < -0.4 is 10.1 Å². The smallest absolute Gasteiger partial charge is 0.233 e. The number of hydrogen-bond donors (Lipinski definition) is 1. The summed E-state index contributed by atoms with van der Waals surface area (Å²) in [6.07, 6.45) is 0.821. The highest BCUT2D eigenvalue weighted by molar-refractivity contribution is 9.10. The van der Waals surface area contributed by atoms with Gasteiger partial charge in [-0.1, -0.05) is 33.6 Å². The van der Waals surface area contributed by atoms with Gasteiger partial charge in [-0.3, -0.25) is 4.79 Å². The maximum atomic E-state index is 11.7. The largest absolute Gasteiger partial charge is 0.493 e. The Balaban J connectivity index is 2.22. The third-order valence-electron chi connectivity index (χ3n) is 2.88. The fourth-order valence-corrected chi connectivity index (χ4v) is 2.08. The standard InChI is InChI=1S/C13H16BrNO2/c1-8-3-4-12-10(7-8)11(5-6-17-12)15-13(16)9(2)14/h3-4,7,9,11H,5-6H2,1-2H3,(H,15,16). The zero-order valence-electron chi connectivity index (χ0n) is 10.00. The number of ether oxygens (including phenoxy) is 1. The third-order valence-corrected chi connectivity index (χ3v) is 3.30. The summed E-state index contributed by atoms with van der Waals surface area (Å²) < 4.78 is 5.59. The molecular weight excluding hydrogens is 282 g/mol. The predicted octanol–water partition coefficient (Wildman–Crippen LogP) is 2.72. The van der Waals surface area contributed by atoms with Crippen LogP contribution >= 0.6 is 15.9 Å². The molecule has 0 aromatic heterocycles. The monoisotopic (exact) mass is 297 g/mol. The molecule has 0 spiro atoms. The molecule has 1 N–H and O–H groups in total. The molecule has 0 saturated heterocycles. The summed E-state index contributed by atoms with van der Waals surface area (Å²) in [5.41, 5.74) is 2.26. The summed E-state index contributed by atoms with van der Waals surface area (Å²) in [6, 6.07) is 6.14. The average Bonchev–Trinajstić information content (AvgIpc) is 2.29. The van der Waals surface area contributed by atoms with Gasteiger partial charge in [-0.15, -0.1) is 0 Å². The molecule has 2 rings (SSSR count). The topological polar surface area (TPSA) is 38.3 Å². The molecule has 1 aliphatic rings.